The maximum Gasteiger partial charge on any atom is 0.416 e. The number of rotatable bonds is 4. The first-order valence-corrected chi connectivity index (χ1v) is 5.62. The number of halogens is 3. The van der Waals surface area contributed by atoms with Gasteiger partial charge in [0.15, 0.2) is 0 Å². The molecule has 0 radical (unpaired) electrons. The lowest BCUT2D eigenvalue weighted by Gasteiger charge is -2.12. The molecule has 4 nitrogen and oxygen atoms in total. The molecule has 0 spiro atoms. The van der Waals surface area contributed by atoms with Crippen molar-refractivity contribution in [1.82, 2.24) is 14.8 Å². The van der Waals surface area contributed by atoms with Gasteiger partial charge in [-0.3, -0.25) is 0 Å². The molecule has 1 N–H and O–H groups in total. The Kier molecular flexibility index (Phi) is 3.84. The number of benzene rings is 1. The summed E-state index contributed by atoms with van der Waals surface area (Å²) in [5.74, 6) is 0. The molecule has 0 aliphatic rings. The second-order valence-electron chi connectivity index (χ2n) is 4.21. The molecule has 2 aromatic rings. The maximum absolute atomic E-state index is 12.4. The SMILES string of the molecule is OC(Cc1ccc(C(F)(F)F)cc1)Cn1cnnc1. The highest BCUT2D eigenvalue weighted by atomic mass is 19.4. The fourth-order valence-electron chi connectivity index (χ4n) is 1.73. The molecule has 0 fully saturated rings. The van der Waals surface area contributed by atoms with Gasteiger partial charge in [0.2, 0.25) is 0 Å². The van der Waals surface area contributed by atoms with Gasteiger partial charge in [-0.2, -0.15) is 13.2 Å². The second kappa shape index (κ2) is 5.40. The zero-order valence-corrected chi connectivity index (χ0v) is 9.88. The largest absolute Gasteiger partial charge is 0.416 e. The average Bonchev–Trinajstić information content (AvgIpc) is 2.81. The van der Waals surface area contributed by atoms with E-state index < -0.39 is 17.8 Å². The molecule has 1 aromatic heterocycles. The summed E-state index contributed by atoms with van der Waals surface area (Å²) >= 11 is 0. The van der Waals surface area contributed by atoms with Crippen LogP contribution < -0.4 is 0 Å². The Bertz CT molecular complexity index is 508. The van der Waals surface area contributed by atoms with Crippen molar-refractivity contribution in [3.63, 3.8) is 0 Å². The number of nitrogens with zero attached hydrogens (tertiary/aromatic N) is 3. The molecular formula is C12H12F3N3O. The Morgan fingerprint density at radius 3 is 2.21 bits per heavy atom. The highest BCUT2D eigenvalue weighted by Crippen LogP contribution is 2.29. The molecule has 0 saturated carbocycles. The smallest absolute Gasteiger partial charge is 0.391 e. The van der Waals surface area contributed by atoms with Crippen LogP contribution >= 0.6 is 0 Å². The first kappa shape index (κ1) is 13.5. The van der Waals surface area contributed by atoms with E-state index in [0.29, 0.717) is 12.1 Å². The minimum absolute atomic E-state index is 0.274. The van der Waals surface area contributed by atoms with E-state index in [1.165, 1.54) is 24.8 Å². The molecule has 19 heavy (non-hydrogen) atoms. The second-order valence-corrected chi connectivity index (χ2v) is 4.21. The van der Waals surface area contributed by atoms with Crippen LogP contribution in [0.4, 0.5) is 13.2 Å². The van der Waals surface area contributed by atoms with Crippen molar-refractivity contribution in [2.45, 2.75) is 25.2 Å². The monoisotopic (exact) mass is 271 g/mol. The topological polar surface area (TPSA) is 50.9 Å². The number of hydrogen-bond acceptors (Lipinski definition) is 3. The maximum atomic E-state index is 12.4. The number of aliphatic hydroxyl groups excluding tert-OH is 1. The van der Waals surface area contributed by atoms with E-state index in [1.807, 2.05) is 0 Å². The van der Waals surface area contributed by atoms with Crippen molar-refractivity contribution in [3.05, 3.63) is 48.0 Å². The highest BCUT2D eigenvalue weighted by Gasteiger charge is 2.29. The van der Waals surface area contributed by atoms with Crippen LogP contribution in [-0.4, -0.2) is 26.0 Å². The van der Waals surface area contributed by atoms with Gasteiger partial charge in [0.1, 0.15) is 12.7 Å². The van der Waals surface area contributed by atoms with E-state index in [1.54, 1.807) is 4.57 Å². The van der Waals surface area contributed by atoms with Gasteiger partial charge in [-0.05, 0) is 17.7 Å². The van der Waals surface area contributed by atoms with Crippen LogP contribution in [-0.2, 0) is 19.1 Å². The number of aliphatic hydroxyl groups is 1. The summed E-state index contributed by atoms with van der Waals surface area (Å²) in [7, 11) is 0. The van der Waals surface area contributed by atoms with E-state index in [-0.39, 0.29) is 6.42 Å². The molecule has 0 bridgehead atoms. The quantitative estimate of drug-likeness (QED) is 0.924. The van der Waals surface area contributed by atoms with Gasteiger partial charge in [0, 0.05) is 6.42 Å². The summed E-state index contributed by atoms with van der Waals surface area (Å²) in [6, 6.07) is 4.78. The van der Waals surface area contributed by atoms with Crippen molar-refractivity contribution in [1.29, 1.82) is 0 Å². The fourth-order valence-corrected chi connectivity index (χ4v) is 1.73. The van der Waals surface area contributed by atoms with E-state index in [4.69, 9.17) is 0 Å². The zero-order valence-electron chi connectivity index (χ0n) is 9.88. The molecule has 0 amide bonds. The third-order valence-electron chi connectivity index (χ3n) is 2.64. The number of alkyl halides is 3. The van der Waals surface area contributed by atoms with Gasteiger partial charge >= 0.3 is 6.18 Å². The lowest BCUT2D eigenvalue weighted by atomic mass is 10.1. The Hall–Kier alpha value is -1.89. The minimum Gasteiger partial charge on any atom is -0.391 e. The third-order valence-corrected chi connectivity index (χ3v) is 2.64. The molecule has 1 aromatic carbocycles. The van der Waals surface area contributed by atoms with Crippen LogP contribution in [0.2, 0.25) is 0 Å². The van der Waals surface area contributed by atoms with Crippen molar-refractivity contribution < 1.29 is 18.3 Å². The van der Waals surface area contributed by atoms with Gasteiger partial charge in [0.25, 0.3) is 0 Å². The molecule has 0 aliphatic carbocycles. The predicted octanol–water partition coefficient (Wildman–Crippen LogP) is 1.90. The lowest BCUT2D eigenvalue weighted by Crippen LogP contribution is -2.17. The average molecular weight is 271 g/mol. The minimum atomic E-state index is -4.33. The molecule has 0 aliphatic heterocycles. The first-order valence-electron chi connectivity index (χ1n) is 5.62. The zero-order chi connectivity index (χ0) is 13.9. The summed E-state index contributed by atoms with van der Waals surface area (Å²) < 4.78 is 38.7. The van der Waals surface area contributed by atoms with Crippen LogP contribution in [0.5, 0.6) is 0 Å². The van der Waals surface area contributed by atoms with Crippen LogP contribution in [0, 0.1) is 0 Å². The van der Waals surface area contributed by atoms with Crippen LogP contribution in [0.3, 0.4) is 0 Å². The molecule has 0 saturated heterocycles. The van der Waals surface area contributed by atoms with Crippen molar-refractivity contribution in [3.8, 4) is 0 Å². The van der Waals surface area contributed by atoms with Gasteiger partial charge < -0.3 is 9.67 Å². The van der Waals surface area contributed by atoms with Crippen molar-refractivity contribution >= 4 is 0 Å². The molecular weight excluding hydrogens is 259 g/mol. The molecule has 1 unspecified atom stereocenters. The summed E-state index contributed by atoms with van der Waals surface area (Å²) in [5, 5.41) is 17.0. The van der Waals surface area contributed by atoms with E-state index in [9.17, 15) is 18.3 Å². The van der Waals surface area contributed by atoms with E-state index in [2.05, 4.69) is 10.2 Å². The molecule has 1 heterocycles. The molecule has 1 atom stereocenters. The van der Waals surface area contributed by atoms with Crippen molar-refractivity contribution in [2.24, 2.45) is 0 Å². The van der Waals surface area contributed by atoms with E-state index in [0.717, 1.165) is 12.1 Å². The van der Waals surface area contributed by atoms with Gasteiger partial charge in [-0.1, -0.05) is 12.1 Å². The summed E-state index contributed by atoms with van der Waals surface area (Å²) in [6.45, 7) is 0.300. The van der Waals surface area contributed by atoms with Gasteiger partial charge in [-0.15, -0.1) is 10.2 Å². The third kappa shape index (κ3) is 3.78. The summed E-state index contributed by atoms with van der Waals surface area (Å²) in [6.07, 6.45) is -1.82. The van der Waals surface area contributed by atoms with Crippen LogP contribution in [0.15, 0.2) is 36.9 Å². The first-order chi connectivity index (χ1) is 8.95. The highest BCUT2D eigenvalue weighted by molar-refractivity contribution is 5.25. The van der Waals surface area contributed by atoms with Crippen molar-refractivity contribution in [2.75, 3.05) is 0 Å². The van der Waals surface area contributed by atoms with Gasteiger partial charge in [0.05, 0.1) is 18.2 Å². The Morgan fingerprint density at radius 1 is 1.11 bits per heavy atom. The number of aromatic nitrogens is 3. The van der Waals surface area contributed by atoms with Crippen LogP contribution in [0.1, 0.15) is 11.1 Å². The fraction of sp³-hybridized carbons (Fsp3) is 0.333. The predicted molar refractivity (Wildman–Crippen MR) is 61.2 cm³/mol. The van der Waals surface area contributed by atoms with Crippen LogP contribution in [0.25, 0.3) is 0 Å². The summed E-state index contributed by atoms with van der Waals surface area (Å²) in [4.78, 5) is 0. The summed E-state index contributed by atoms with van der Waals surface area (Å²) in [5.41, 5.74) is -0.0434. The number of hydrogen-bond donors (Lipinski definition) is 1. The normalized spacial score (nSPS) is 13.5. The molecule has 7 heteroatoms. The van der Waals surface area contributed by atoms with Gasteiger partial charge in [-0.25, -0.2) is 0 Å². The molecule has 2 rings (SSSR count). The van der Waals surface area contributed by atoms with E-state index >= 15 is 0 Å². The molecule has 102 valence electrons. The standard InChI is InChI=1S/C12H12F3N3O/c13-12(14,15)10-3-1-9(2-4-10)5-11(19)6-18-7-16-17-8-18/h1-4,7-8,11,19H,5-6H2. The Balaban J connectivity index is 1.96. The Labute approximate surface area is 107 Å². The lowest BCUT2D eigenvalue weighted by molar-refractivity contribution is -0.137. The Morgan fingerprint density at radius 2 is 1.68 bits per heavy atom.